The molecule has 0 saturated heterocycles. The van der Waals surface area contributed by atoms with Crippen LogP contribution >= 0.6 is 0 Å². The van der Waals surface area contributed by atoms with Gasteiger partial charge in [-0.15, -0.1) is 0 Å². The molecule has 0 saturated carbocycles. The first-order chi connectivity index (χ1) is 12.7. The molecule has 1 aliphatic rings. The standard InChI is InChI=1S/C21H20N2O3/c1-25-20-10-16(19(24)12-21(20)26-2)18-11-17(22-23-18)15-8-7-13-5-3-4-6-14(13)9-15/h3-10,12,17,22,24H,11H2,1-2H3. The fourth-order valence-corrected chi connectivity index (χ4v) is 3.33. The molecule has 0 aromatic heterocycles. The summed E-state index contributed by atoms with van der Waals surface area (Å²) < 4.78 is 10.6. The Bertz CT molecular complexity index is 998. The molecule has 1 atom stereocenters. The zero-order chi connectivity index (χ0) is 18.1. The van der Waals surface area contributed by atoms with Gasteiger partial charge in [0.1, 0.15) is 5.75 Å². The highest BCUT2D eigenvalue weighted by molar-refractivity contribution is 6.04. The molecule has 2 N–H and O–H groups in total. The maximum Gasteiger partial charge on any atom is 0.164 e. The maximum atomic E-state index is 10.4. The van der Waals surface area contributed by atoms with Crippen molar-refractivity contribution in [1.29, 1.82) is 0 Å². The van der Waals surface area contributed by atoms with Gasteiger partial charge in [0.15, 0.2) is 11.5 Å². The van der Waals surface area contributed by atoms with E-state index in [0.717, 1.165) is 5.71 Å². The van der Waals surface area contributed by atoms with Crippen LogP contribution < -0.4 is 14.9 Å². The number of nitrogens with one attached hydrogen (secondary N) is 1. The molecule has 0 fully saturated rings. The second-order valence-electron chi connectivity index (χ2n) is 6.28. The smallest absolute Gasteiger partial charge is 0.164 e. The lowest BCUT2D eigenvalue weighted by Gasteiger charge is -2.13. The van der Waals surface area contributed by atoms with Gasteiger partial charge in [-0.05, 0) is 28.5 Å². The van der Waals surface area contributed by atoms with Crippen LogP contribution in [0.3, 0.4) is 0 Å². The summed E-state index contributed by atoms with van der Waals surface area (Å²) in [6.45, 7) is 0. The lowest BCUT2D eigenvalue weighted by molar-refractivity contribution is 0.351. The third kappa shape index (κ3) is 2.81. The molecule has 4 rings (SSSR count). The van der Waals surface area contributed by atoms with Crippen LogP contribution in [0.15, 0.2) is 59.7 Å². The highest BCUT2D eigenvalue weighted by Crippen LogP contribution is 2.37. The van der Waals surface area contributed by atoms with Crippen molar-refractivity contribution in [3.8, 4) is 17.2 Å². The number of phenols is 1. The Morgan fingerprint density at radius 3 is 2.46 bits per heavy atom. The van der Waals surface area contributed by atoms with Crippen LogP contribution in [-0.4, -0.2) is 25.0 Å². The van der Waals surface area contributed by atoms with Gasteiger partial charge in [-0.25, -0.2) is 0 Å². The van der Waals surface area contributed by atoms with Crippen LogP contribution in [0.2, 0.25) is 0 Å². The Hall–Kier alpha value is -3.21. The minimum absolute atomic E-state index is 0.0714. The van der Waals surface area contributed by atoms with Gasteiger partial charge in [0, 0.05) is 18.1 Å². The normalized spacial score (nSPS) is 16.2. The van der Waals surface area contributed by atoms with Gasteiger partial charge in [-0.2, -0.15) is 5.10 Å². The van der Waals surface area contributed by atoms with Crippen molar-refractivity contribution in [1.82, 2.24) is 5.43 Å². The third-order valence-corrected chi connectivity index (χ3v) is 4.74. The molecule has 0 amide bonds. The highest BCUT2D eigenvalue weighted by atomic mass is 16.5. The summed E-state index contributed by atoms with van der Waals surface area (Å²) in [6.07, 6.45) is 0.682. The number of ether oxygens (including phenoxy) is 2. The molecule has 3 aromatic carbocycles. The van der Waals surface area contributed by atoms with Crippen LogP contribution in [0.1, 0.15) is 23.6 Å². The van der Waals surface area contributed by atoms with E-state index in [1.807, 2.05) is 12.1 Å². The molecule has 0 aliphatic carbocycles. The quantitative estimate of drug-likeness (QED) is 0.748. The molecule has 0 radical (unpaired) electrons. The van der Waals surface area contributed by atoms with Crippen molar-refractivity contribution >= 4 is 16.5 Å². The lowest BCUT2D eigenvalue weighted by Crippen LogP contribution is -2.09. The van der Waals surface area contributed by atoms with E-state index in [0.29, 0.717) is 23.5 Å². The number of rotatable bonds is 4. The first-order valence-electron chi connectivity index (χ1n) is 8.45. The first-order valence-corrected chi connectivity index (χ1v) is 8.45. The van der Waals surface area contributed by atoms with Gasteiger partial charge in [0.2, 0.25) is 0 Å². The van der Waals surface area contributed by atoms with E-state index < -0.39 is 0 Å². The molecule has 26 heavy (non-hydrogen) atoms. The molecular formula is C21H20N2O3. The summed E-state index contributed by atoms with van der Waals surface area (Å²) in [4.78, 5) is 0. The zero-order valence-electron chi connectivity index (χ0n) is 14.7. The number of fused-ring (bicyclic) bond motifs is 1. The van der Waals surface area contributed by atoms with E-state index in [2.05, 4.69) is 40.9 Å². The number of hydrogen-bond acceptors (Lipinski definition) is 5. The van der Waals surface area contributed by atoms with E-state index in [1.54, 1.807) is 26.4 Å². The number of nitrogens with zero attached hydrogens (tertiary/aromatic N) is 1. The van der Waals surface area contributed by atoms with Gasteiger partial charge in [0.05, 0.1) is 26.0 Å². The van der Waals surface area contributed by atoms with Crippen LogP contribution in [0.5, 0.6) is 17.2 Å². The van der Waals surface area contributed by atoms with Crippen LogP contribution in [-0.2, 0) is 0 Å². The summed E-state index contributed by atoms with van der Waals surface area (Å²) in [7, 11) is 3.12. The number of hydrogen-bond donors (Lipinski definition) is 2. The number of benzene rings is 3. The van der Waals surface area contributed by atoms with E-state index in [1.165, 1.54) is 16.3 Å². The van der Waals surface area contributed by atoms with Gasteiger partial charge >= 0.3 is 0 Å². The number of aromatic hydroxyl groups is 1. The maximum absolute atomic E-state index is 10.4. The Morgan fingerprint density at radius 1 is 0.962 bits per heavy atom. The number of methoxy groups -OCH3 is 2. The Balaban J connectivity index is 1.61. The summed E-state index contributed by atoms with van der Waals surface area (Å²) in [5.74, 6) is 1.19. The third-order valence-electron chi connectivity index (χ3n) is 4.74. The average Bonchev–Trinajstić information content (AvgIpc) is 3.17. The van der Waals surface area contributed by atoms with Crippen molar-refractivity contribution < 1.29 is 14.6 Å². The van der Waals surface area contributed by atoms with E-state index >= 15 is 0 Å². The second kappa shape index (κ2) is 6.59. The summed E-state index contributed by atoms with van der Waals surface area (Å²) in [6, 6.07) is 18.1. The van der Waals surface area contributed by atoms with E-state index in [4.69, 9.17) is 9.47 Å². The predicted octanol–water partition coefficient (Wildman–Crippen LogP) is 4.00. The lowest BCUT2D eigenvalue weighted by atomic mass is 9.96. The van der Waals surface area contributed by atoms with Gasteiger partial charge in [-0.3, -0.25) is 0 Å². The molecule has 1 unspecified atom stereocenters. The number of hydrazone groups is 1. The molecular weight excluding hydrogens is 328 g/mol. The summed E-state index contributed by atoms with van der Waals surface area (Å²) in [5, 5.41) is 17.2. The van der Waals surface area contributed by atoms with Gasteiger partial charge in [0.25, 0.3) is 0 Å². The molecule has 132 valence electrons. The molecule has 3 aromatic rings. The van der Waals surface area contributed by atoms with Crippen molar-refractivity contribution in [3.63, 3.8) is 0 Å². The molecule has 1 heterocycles. The average molecular weight is 348 g/mol. The van der Waals surface area contributed by atoms with E-state index in [-0.39, 0.29) is 11.8 Å². The van der Waals surface area contributed by atoms with Crippen molar-refractivity contribution in [2.24, 2.45) is 5.10 Å². The Morgan fingerprint density at radius 2 is 1.69 bits per heavy atom. The SMILES string of the molecule is COc1cc(O)c(C2=NNC(c3ccc4ccccc4c3)C2)cc1OC. The fourth-order valence-electron chi connectivity index (χ4n) is 3.33. The minimum Gasteiger partial charge on any atom is -0.507 e. The molecule has 5 nitrogen and oxygen atoms in total. The molecule has 1 aliphatic heterocycles. The van der Waals surface area contributed by atoms with Crippen molar-refractivity contribution in [2.75, 3.05) is 14.2 Å². The van der Waals surface area contributed by atoms with Crippen LogP contribution in [0.25, 0.3) is 10.8 Å². The predicted molar refractivity (Wildman–Crippen MR) is 102 cm³/mol. The molecule has 5 heteroatoms. The topological polar surface area (TPSA) is 63.1 Å². The Kier molecular flexibility index (Phi) is 4.13. The minimum atomic E-state index is 0.0714. The second-order valence-corrected chi connectivity index (χ2v) is 6.28. The fraction of sp³-hybridized carbons (Fsp3) is 0.190. The summed E-state index contributed by atoms with van der Waals surface area (Å²) >= 11 is 0. The van der Waals surface area contributed by atoms with Crippen molar-refractivity contribution in [2.45, 2.75) is 12.5 Å². The first kappa shape index (κ1) is 16.3. The van der Waals surface area contributed by atoms with Gasteiger partial charge < -0.3 is 20.0 Å². The molecule has 0 bridgehead atoms. The zero-order valence-corrected chi connectivity index (χ0v) is 14.7. The summed E-state index contributed by atoms with van der Waals surface area (Å²) in [5.41, 5.74) is 5.80. The largest absolute Gasteiger partial charge is 0.507 e. The Labute approximate surface area is 151 Å². The van der Waals surface area contributed by atoms with Crippen LogP contribution in [0.4, 0.5) is 0 Å². The highest BCUT2D eigenvalue weighted by Gasteiger charge is 2.24. The monoisotopic (exact) mass is 348 g/mol. The molecule has 0 spiro atoms. The number of phenolic OH excluding ortho intramolecular Hbond substituents is 1. The van der Waals surface area contributed by atoms with E-state index in [9.17, 15) is 5.11 Å². The van der Waals surface area contributed by atoms with Crippen LogP contribution in [0, 0.1) is 0 Å². The van der Waals surface area contributed by atoms with Gasteiger partial charge in [-0.1, -0.05) is 36.4 Å². The van der Waals surface area contributed by atoms with Crippen molar-refractivity contribution in [3.05, 3.63) is 65.7 Å².